The highest BCUT2D eigenvalue weighted by Gasteiger charge is 2.17. The molecular weight excluding hydrogens is 693 g/mol. The fraction of sp³-hybridized carbons (Fsp3) is 0.689. The summed E-state index contributed by atoms with van der Waals surface area (Å²) in [5, 5.41) is 14.2. The molecular formula is C45H74N4O6. The van der Waals surface area contributed by atoms with Crippen molar-refractivity contribution < 1.29 is 19.4 Å². The van der Waals surface area contributed by atoms with E-state index in [1.165, 1.54) is 78.1 Å². The van der Waals surface area contributed by atoms with Gasteiger partial charge in [-0.2, -0.15) is 0 Å². The number of allylic oxidation sites excluding steroid dienone is 1. The van der Waals surface area contributed by atoms with Crippen LogP contribution in [-0.4, -0.2) is 39.5 Å². The highest BCUT2D eigenvalue weighted by atomic mass is 16.5. The Labute approximate surface area is 331 Å². The van der Waals surface area contributed by atoms with Crippen molar-refractivity contribution in [3.63, 3.8) is 0 Å². The summed E-state index contributed by atoms with van der Waals surface area (Å²) in [5.74, 6) is 0.815. The van der Waals surface area contributed by atoms with Gasteiger partial charge in [0.25, 0.3) is 5.56 Å². The second-order valence-corrected chi connectivity index (χ2v) is 15.0. The standard InChI is InChI=1S/C45H74N4O6/c1-7-11-15-19-22-26-30-54-41-32-38(46-34-36(28-24-18-14-10-4)40(50)29-25-21-17-13-9-3)39(33-42(41)55-31-27-23-20-16-12-8-2)47-35-37-43(51)48(5)45(53)49(6)44(37)52/h32-35,46,51H,7-31H2,1-6H3/b36-34-,47-35?. The van der Waals surface area contributed by atoms with Crippen LogP contribution in [0.25, 0.3) is 0 Å². The highest BCUT2D eigenvalue weighted by Crippen LogP contribution is 2.39. The summed E-state index contributed by atoms with van der Waals surface area (Å²) in [7, 11) is 2.77. The van der Waals surface area contributed by atoms with E-state index in [-0.39, 0.29) is 11.3 Å². The number of carbonyl (C=O) groups excluding carboxylic acids is 1. The first-order valence-electron chi connectivity index (χ1n) is 21.6. The minimum absolute atomic E-state index is 0.112. The van der Waals surface area contributed by atoms with Gasteiger partial charge < -0.3 is 19.9 Å². The molecule has 2 N–H and O–H groups in total. The van der Waals surface area contributed by atoms with E-state index in [1.807, 2.05) is 12.3 Å². The molecule has 0 fully saturated rings. The van der Waals surface area contributed by atoms with E-state index in [4.69, 9.17) is 9.47 Å². The highest BCUT2D eigenvalue weighted by molar-refractivity contribution is 5.96. The molecule has 1 heterocycles. The fourth-order valence-corrected chi connectivity index (χ4v) is 6.48. The van der Waals surface area contributed by atoms with E-state index < -0.39 is 17.1 Å². The third-order valence-electron chi connectivity index (χ3n) is 10.1. The number of carbonyl (C=O) groups is 1. The lowest BCUT2D eigenvalue weighted by molar-refractivity contribution is -0.115. The van der Waals surface area contributed by atoms with Crippen LogP contribution in [0.2, 0.25) is 0 Å². The van der Waals surface area contributed by atoms with Crippen molar-refractivity contribution >= 4 is 23.4 Å². The van der Waals surface area contributed by atoms with Crippen LogP contribution < -0.4 is 26.0 Å². The molecule has 2 aromatic rings. The average molecular weight is 767 g/mol. The lowest BCUT2D eigenvalue weighted by Gasteiger charge is -2.17. The molecule has 0 saturated heterocycles. The molecule has 0 aliphatic heterocycles. The van der Waals surface area contributed by atoms with Gasteiger partial charge in [0.05, 0.1) is 24.6 Å². The van der Waals surface area contributed by atoms with Crippen LogP contribution in [0.4, 0.5) is 11.4 Å². The average Bonchev–Trinajstić information content (AvgIpc) is 3.18. The van der Waals surface area contributed by atoms with Gasteiger partial charge in [-0.05, 0) is 32.1 Å². The van der Waals surface area contributed by atoms with E-state index in [2.05, 4.69) is 38.0 Å². The molecule has 0 spiro atoms. The van der Waals surface area contributed by atoms with Gasteiger partial charge >= 0.3 is 5.69 Å². The first-order chi connectivity index (χ1) is 26.7. The molecule has 0 saturated carbocycles. The van der Waals surface area contributed by atoms with E-state index in [0.29, 0.717) is 48.9 Å². The molecule has 0 radical (unpaired) electrons. The first kappa shape index (κ1) is 47.3. The predicted octanol–water partition coefficient (Wildman–Crippen LogP) is 11.2. The van der Waals surface area contributed by atoms with E-state index in [0.717, 1.165) is 91.8 Å². The molecule has 10 heteroatoms. The van der Waals surface area contributed by atoms with Crippen LogP contribution in [0.15, 0.2) is 38.5 Å². The molecule has 1 aromatic heterocycles. The van der Waals surface area contributed by atoms with E-state index in [9.17, 15) is 19.5 Å². The molecule has 1 aromatic carbocycles. The molecule has 310 valence electrons. The van der Waals surface area contributed by atoms with Crippen molar-refractivity contribution in [2.24, 2.45) is 19.1 Å². The maximum Gasteiger partial charge on any atom is 0.333 e. The predicted molar refractivity (Wildman–Crippen MR) is 229 cm³/mol. The van der Waals surface area contributed by atoms with Crippen LogP contribution >= 0.6 is 0 Å². The Kier molecular flexibility index (Phi) is 24.6. The number of aromatic hydroxyl groups is 1. The summed E-state index contributed by atoms with van der Waals surface area (Å²) >= 11 is 0. The number of nitrogens with one attached hydrogen (secondary N) is 1. The Morgan fingerprint density at radius 3 is 1.71 bits per heavy atom. The molecule has 0 atom stereocenters. The van der Waals surface area contributed by atoms with E-state index >= 15 is 0 Å². The maximum absolute atomic E-state index is 13.6. The molecule has 0 amide bonds. The molecule has 2 rings (SSSR count). The molecule has 0 bridgehead atoms. The van der Waals surface area contributed by atoms with Crippen LogP contribution in [0.1, 0.15) is 181 Å². The number of hydrogen-bond donors (Lipinski definition) is 2. The SMILES string of the molecule is CCCCCCCCOc1cc(N=Cc2c(O)n(C)c(=O)n(C)c2=O)c(N/C=C(/CCCCCC)C(=O)CCCCCCC)cc1OCCCCCCCC. The van der Waals surface area contributed by atoms with Gasteiger partial charge in [0.1, 0.15) is 5.56 Å². The van der Waals surface area contributed by atoms with Gasteiger partial charge in [-0.3, -0.25) is 23.7 Å². The van der Waals surface area contributed by atoms with Crippen LogP contribution in [0.3, 0.4) is 0 Å². The Bertz CT molecular complexity index is 1570. The Morgan fingerprint density at radius 2 is 1.15 bits per heavy atom. The van der Waals surface area contributed by atoms with Crippen LogP contribution in [-0.2, 0) is 18.9 Å². The second-order valence-electron chi connectivity index (χ2n) is 15.0. The largest absolute Gasteiger partial charge is 0.494 e. The van der Waals surface area contributed by atoms with Crippen molar-refractivity contribution in [3.05, 3.63) is 50.3 Å². The topological polar surface area (TPSA) is 124 Å². The number of benzene rings is 1. The Morgan fingerprint density at radius 1 is 0.673 bits per heavy atom. The number of hydrogen-bond acceptors (Lipinski definition) is 8. The minimum Gasteiger partial charge on any atom is -0.494 e. The number of aliphatic imine (C=N–C) groups is 1. The van der Waals surface area contributed by atoms with Gasteiger partial charge in [0, 0.05) is 50.6 Å². The van der Waals surface area contributed by atoms with Crippen molar-refractivity contribution in [2.75, 3.05) is 18.5 Å². The summed E-state index contributed by atoms with van der Waals surface area (Å²) in [6.07, 6.45) is 27.6. The van der Waals surface area contributed by atoms with Crippen molar-refractivity contribution in [1.29, 1.82) is 0 Å². The summed E-state index contributed by atoms with van der Waals surface area (Å²) in [4.78, 5) is 43.7. The van der Waals surface area contributed by atoms with Gasteiger partial charge in [0.2, 0.25) is 5.88 Å². The monoisotopic (exact) mass is 767 g/mol. The zero-order valence-corrected chi connectivity index (χ0v) is 35.3. The van der Waals surface area contributed by atoms with Gasteiger partial charge in [0.15, 0.2) is 17.3 Å². The van der Waals surface area contributed by atoms with Crippen molar-refractivity contribution in [1.82, 2.24) is 9.13 Å². The third kappa shape index (κ3) is 17.7. The number of rotatable bonds is 32. The molecule has 0 aliphatic rings. The zero-order chi connectivity index (χ0) is 40.3. The van der Waals surface area contributed by atoms with Gasteiger partial charge in [-0.25, -0.2) is 4.79 Å². The number of unbranched alkanes of at least 4 members (excludes halogenated alkanes) is 17. The summed E-state index contributed by atoms with van der Waals surface area (Å²) in [5.41, 5.74) is 0.364. The smallest absolute Gasteiger partial charge is 0.333 e. The fourth-order valence-electron chi connectivity index (χ4n) is 6.48. The summed E-state index contributed by atoms with van der Waals surface area (Å²) in [6.45, 7) is 9.86. The Balaban J connectivity index is 2.56. The lowest BCUT2D eigenvalue weighted by Crippen LogP contribution is -2.38. The minimum atomic E-state index is -0.656. The molecule has 55 heavy (non-hydrogen) atoms. The number of aromatic nitrogens is 2. The van der Waals surface area contributed by atoms with Gasteiger partial charge in [-0.1, -0.05) is 137 Å². The lowest BCUT2D eigenvalue weighted by atomic mass is 9.99. The Hall–Kier alpha value is -3.82. The van der Waals surface area contributed by atoms with Gasteiger partial charge in [-0.15, -0.1) is 0 Å². The molecule has 0 aliphatic carbocycles. The number of ketones is 1. The summed E-state index contributed by atoms with van der Waals surface area (Å²) in [6, 6.07) is 3.65. The second kappa shape index (κ2) is 28.6. The third-order valence-corrected chi connectivity index (χ3v) is 10.1. The normalized spacial score (nSPS) is 11.8. The number of ether oxygens (including phenoxy) is 2. The number of nitrogens with zero attached hydrogens (tertiary/aromatic N) is 3. The molecule has 0 unspecified atom stereocenters. The number of anilines is 1. The van der Waals surface area contributed by atoms with E-state index in [1.54, 1.807) is 6.07 Å². The quantitative estimate of drug-likeness (QED) is 0.0431. The zero-order valence-electron chi connectivity index (χ0n) is 35.3. The van der Waals surface area contributed by atoms with Crippen molar-refractivity contribution in [3.8, 4) is 17.4 Å². The van der Waals surface area contributed by atoms with Crippen LogP contribution in [0, 0.1) is 0 Å². The maximum atomic E-state index is 13.6. The first-order valence-corrected chi connectivity index (χ1v) is 21.6. The van der Waals surface area contributed by atoms with Crippen molar-refractivity contribution in [2.45, 2.75) is 175 Å². The summed E-state index contributed by atoms with van der Waals surface area (Å²) < 4.78 is 14.7. The number of Topliss-reactive ketones (excluding diaryl/α,β-unsaturated/α-hetero) is 1. The van der Waals surface area contributed by atoms with Crippen LogP contribution in [0.5, 0.6) is 17.4 Å². The molecule has 10 nitrogen and oxygen atoms in total.